The molecule has 4 rings (SSSR count). The molecule has 1 atom stereocenters. The first kappa shape index (κ1) is 19.6. The van der Waals surface area contributed by atoms with Crippen LogP contribution in [0.15, 0.2) is 41.2 Å². The van der Waals surface area contributed by atoms with Crippen molar-refractivity contribution in [1.82, 2.24) is 25.2 Å². The van der Waals surface area contributed by atoms with Crippen LogP contribution in [-0.4, -0.2) is 32.4 Å². The molecular weight excluding hydrogens is 390 g/mol. The van der Waals surface area contributed by atoms with Crippen LogP contribution < -0.4 is 5.32 Å². The maximum absolute atomic E-state index is 12.8. The number of pyridine rings is 1. The summed E-state index contributed by atoms with van der Waals surface area (Å²) in [6.07, 6.45) is 8.28. The first-order valence-corrected chi connectivity index (χ1v) is 10.2. The molecule has 0 aromatic carbocycles. The zero-order valence-corrected chi connectivity index (χ0v) is 17.3. The molecule has 1 N–H and O–H groups in total. The average molecular weight is 414 g/mol. The summed E-state index contributed by atoms with van der Waals surface area (Å²) < 4.78 is 7.16. The number of aryl methyl sites for hydroxylation is 1. The summed E-state index contributed by atoms with van der Waals surface area (Å²) in [5, 5.41) is 11.7. The normalized spacial score (nSPS) is 16.7. The second-order valence-electron chi connectivity index (χ2n) is 7.86. The van der Waals surface area contributed by atoms with Gasteiger partial charge in [-0.15, -0.1) is 0 Å². The number of carbonyl (C=O) groups excluding carboxylic acids is 1. The fraction of sp³-hybridized carbons (Fsp3) is 0.429. The van der Waals surface area contributed by atoms with Crippen LogP contribution in [0, 0.1) is 0 Å². The third-order valence-corrected chi connectivity index (χ3v) is 5.95. The summed E-state index contributed by atoms with van der Waals surface area (Å²) in [5.41, 5.74) is 1.39. The van der Waals surface area contributed by atoms with Crippen molar-refractivity contribution >= 4 is 17.5 Å². The van der Waals surface area contributed by atoms with Crippen molar-refractivity contribution < 1.29 is 9.32 Å². The highest BCUT2D eigenvalue weighted by atomic mass is 35.5. The van der Waals surface area contributed by atoms with Crippen LogP contribution in [0.1, 0.15) is 66.0 Å². The second kappa shape index (κ2) is 7.99. The number of hydrogen-bond acceptors (Lipinski definition) is 5. The van der Waals surface area contributed by atoms with E-state index in [1.165, 1.54) is 12.8 Å². The summed E-state index contributed by atoms with van der Waals surface area (Å²) in [6, 6.07) is 7.25. The average Bonchev–Trinajstić information content (AvgIpc) is 3.46. The van der Waals surface area contributed by atoms with Crippen molar-refractivity contribution in [3.63, 3.8) is 0 Å². The molecule has 1 unspecified atom stereocenters. The molecular formula is C21H24ClN5O2. The van der Waals surface area contributed by atoms with Crippen LogP contribution in [0.25, 0.3) is 0 Å². The minimum Gasteiger partial charge on any atom is -0.360 e. The van der Waals surface area contributed by atoms with Crippen LogP contribution in [0.4, 0.5) is 0 Å². The van der Waals surface area contributed by atoms with Gasteiger partial charge in [-0.1, -0.05) is 35.7 Å². The number of nitrogens with one attached hydrogen (secondary N) is 1. The molecule has 0 spiro atoms. The highest BCUT2D eigenvalue weighted by Gasteiger charge is 2.33. The number of aromatic nitrogens is 4. The van der Waals surface area contributed by atoms with Crippen molar-refractivity contribution in [2.75, 3.05) is 6.54 Å². The van der Waals surface area contributed by atoms with E-state index >= 15 is 0 Å². The van der Waals surface area contributed by atoms with Crippen LogP contribution in [0.5, 0.6) is 0 Å². The first-order valence-electron chi connectivity index (χ1n) is 9.83. The van der Waals surface area contributed by atoms with E-state index in [4.69, 9.17) is 16.1 Å². The van der Waals surface area contributed by atoms with Gasteiger partial charge in [0.05, 0.1) is 17.3 Å². The molecule has 1 saturated carbocycles. The first-order chi connectivity index (χ1) is 14.0. The van der Waals surface area contributed by atoms with Crippen molar-refractivity contribution in [2.24, 2.45) is 7.05 Å². The van der Waals surface area contributed by atoms with Crippen LogP contribution in [0.2, 0.25) is 5.15 Å². The molecule has 8 heteroatoms. The largest absolute Gasteiger partial charge is 0.360 e. The molecule has 0 radical (unpaired) electrons. The molecule has 0 saturated heterocycles. The van der Waals surface area contributed by atoms with E-state index in [9.17, 15) is 4.79 Å². The lowest BCUT2D eigenvalue weighted by molar-refractivity contribution is 0.0938. The van der Waals surface area contributed by atoms with E-state index in [0.29, 0.717) is 23.3 Å². The number of carbonyl (C=O) groups is 1. The highest BCUT2D eigenvalue weighted by molar-refractivity contribution is 6.29. The molecule has 1 aliphatic carbocycles. The van der Waals surface area contributed by atoms with Gasteiger partial charge in [-0.25, -0.2) is 4.98 Å². The van der Waals surface area contributed by atoms with Gasteiger partial charge < -0.3 is 9.84 Å². The Morgan fingerprint density at radius 3 is 2.86 bits per heavy atom. The van der Waals surface area contributed by atoms with Crippen molar-refractivity contribution in [3.8, 4) is 0 Å². The fourth-order valence-corrected chi connectivity index (χ4v) is 4.07. The van der Waals surface area contributed by atoms with Gasteiger partial charge in [0.15, 0.2) is 5.69 Å². The predicted molar refractivity (Wildman–Crippen MR) is 109 cm³/mol. The second-order valence-corrected chi connectivity index (χ2v) is 8.25. The lowest BCUT2D eigenvalue weighted by Gasteiger charge is -2.28. The minimum absolute atomic E-state index is 0.268. The van der Waals surface area contributed by atoms with Gasteiger partial charge in [-0.2, -0.15) is 5.10 Å². The van der Waals surface area contributed by atoms with Gasteiger partial charge in [0, 0.05) is 37.3 Å². The number of rotatable bonds is 6. The van der Waals surface area contributed by atoms with E-state index in [1.807, 2.05) is 32.3 Å². The van der Waals surface area contributed by atoms with Gasteiger partial charge in [-0.3, -0.25) is 9.48 Å². The molecule has 152 valence electrons. The smallest absolute Gasteiger partial charge is 0.273 e. The maximum Gasteiger partial charge on any atom is 0.273 e. The van der Waals surface area contributed by atoms with Crippen LogP contribution in [0.3, 0.4) is 0 Å². The van der Waals surface area contributed by atoms with Crippen molar-refractivity contribution in [2.45, 2.75) is 43.9 Å². The zero-order valence-electron chi connectivity index (χ0n) is 16.6. The van der Waals surface area contributed by atoms with Crippen LogP contribution >= 0.6 is 11.6 Å². The monoisotopic (exact) mass is 413 g/mol. The standard InChI is InChI=1S/C21H24ClN5O2/c1-21(15-11-24-27(2)12-15,18-8-5-9-19(22)25-18)13-23-20(28)16-10-17(29-26-16)14-6-3-4-7-14/h5,8-12,14H,3-4,6-7,13H2,1-2H3,(H,23,28). The summed E-state index contributed by atoms with van der Waals surface area (Å²) >= 11 is 6.13. The third-order valence-electron chi connectivity index (χ3n) is 5.74. The van der Waals surface area contributed by atoms with E-state index in [2.05, 4.69) is 20.6 Å². The molecule has 3 aromatic heterocycles. The summed E-state index contributed by atoms with van der Waals surface area (Å²) in [5.74, 6) is 0.912. The fourth-order valence-electron chi connectivity index (χ4n) is 3.91. The van der Waals surface area contributed by atoms with Crippen molar-refractivity contribution in [1.29, 1.82) is 0 Å². The SMILES string of the molecule is Cn1cc(C(C)(CNC(=O)c2cc(C3CCCC3)on2)c2cccc(Cl)n2)cn1. The van der Waals surface area contributed by atoms with Gasteiger partial charge in [-0.05, 0) is 31.9 Å². The summed E-state index contributed by atoms with van der Waals surface area (Å²) in [4.78, 5) is 17.2. The molecule has 1 amide bonds. The van der Waals surface area contributed by atoms with E-state index < -0.39 is 5.41 Å². The van der Waals surface area contributed by atoms with Gasteiger partial charge in [0.2, 0.25) is 0 Å². The maximum atomic E-state index is 12.8. The highest BCUT2D eigenvalue weighted by Crippen LogP contribution is 2.34. The molecule has 3 heterocycles. The van der Waals surface area contributed by atoms with Gasteiger partial charge >= 0.3 is 0 Å². The Bertz CT molecular complexity index is 1010. The molecule has 0 bridgehead atoms. The lowest BCUT2D eigenvalue weighted by Crippen LogP contribution is -2.40. The van der Waals surface area contributed by atoms with Gasteiger partial charge in [0.25, 0.3) is 5.91 Å². The van der Waals surface area contributed by atoms with E-state index in [0.717, 1.165) is 29.9 Å². The van der Waals surface area contributed by atoms with Crippen LogP contribution in [-0.2, 0) is 12.5 Å². The zero-order chi connectivity index (χ0) is 20.4. The Hall–Kier alpha value is -2.67. The topological polar surface area (TPSA) is 85.8 Å². The Balaban J connectivity index is 1.54. The Morgan fingerprint density at radius 2 is 2.17 bits per heavy atom. The molecule has 1 fully saturated rings. The molecule has 3 aromatic rings. The number of halogens is 1. The Labute approximate surface area is 174 Å². The van der Waals surface area contributed by atoms with Gasteiger partial charge in [0.1, 0.15) is 10.9 Å². The van der Waals surface area contributed by atoms with E-state index in [1.54, 1.807) is 23.0 Å². The van der Waals surface area contributed by atoms with E-state index in [-0.39, 0.29) is 5.91 Å². The van der Waals surface area contributed by atoms with Crippen molar-refractivity contribution in [3.05, 3.63) is 64.5 Å². The molecule has 29 heavy (non-hydrogen) atoms. The third kappa shape index (κ3) is 4.05. The number of hydrogen-bond donors (Lipinski definition) is 1. The lowest BCUT2D eigenvalue weighted by atomic mass is 9.80. The Morgan fingerprint density at radius 1 is 1.38 bits per heavy atom. The summed E-state index contributed by atoms with van der Waals surface area (Å²) in [6.45, 7) is 2.33. The Kier molecular flexibility index (Phi) is 5.41. The molecule has 7 nitrogen and oxygen atoms in total. The quantitative estimate of drug-likeness (QED) is 0.620. The number of amides is 1. The number of nitrogens with zero attached hydrogens (tertiary/aromatic N) is 4. The summed E-state index contributed by atoms with van der Waals surface area (Å²) in [7, 11) is 1.86. The molecule has 0 aliphatic heterocycles. The minimum atomic E-state index is -0.604. The predicted octanol–water partition coefficient (Wildman–Crippen LogP) is 3.85. The molecule has 1 aliphatic rings.